The Hall–Kier alpha value is -2.62. The van der Waals surface area contributed by atoms with Gasteiger partial charge < -0.3 is 19.9 Å². The number of piperidine rings is 2. The molecule has 0 radical (unpaired) electrons. The fourth-order valence-corrected chi connectivity index (χ4v) is 8.67. The number of carbonyl (C=O) groups excluding carboxylic acids is 2. The van der Waals surface area contributed by atoms with Crippen LogP contribution in [0, 0.1) is 11.8 Å². The number of halogens is 3. The second-order valence-electron chi connectivity index (χ2n) is 12.1. The number of methoxy groups -OCH3 is 1. The summed E-state index contributed by atoms with van der Waals surface area (Å²) in [5, 5.41) is 3.71. The monoisotopic (exact) mass is 742 g/mol. The minimum Gasteiger partial charge on any atom is -0.495 e. The first-order valence-corrected chi connectivity index (χ1v) is 17.4. The molecule has 3 heterocycles. The normalized spacial score (nSPS) is 19.1. The third-order valence-corrected chi connectivity index (χ3v) is 10.8. The van der Waals surface area contributed by atoms with Crippen molar-refractivity contribution in [3.05, 3.63) is 85.0 Å². The number of aromatic nitrogens is 1. The van der Waals surface area contributed by atoms with E-state index in [-0.39, 0.29) is 17.9 Å². The molecule has 2 fully saturated rings. The van der Waals surface area contributed by atoms with Crippen LogP contribution in [-0.4, -0.2) is 60.0 Å². The number of hydrogen-bond acceptors (Lipinski definition) is 4. The second kappa shape index (κ2) is 13.8. The van der Waals surface area contributed by atoms with E-state index in [0.717, 1.165) is 71.3 Å². The summed E-state index contributed by atoms with van der Waals surface area (Å²) in [7, 11) is 1.59. The first kappa shape index (κ1) is 31.4. The Balaban J connectivity index is 1.06. The average Bonchev–Trinajstić information content (AvgIpc) is 3.18. The lowest BCUT2D eigenvalue weighted by atomic mass is 9.76. The van der Waals surface area contributed by atoms with Gasteiger partial charge in [-0.15, -0.1) is 0 Å². The molecule has 10 heteroatoms. The highest BCUT2D eigenvalue weighted by Gasteiger charge is 2.37. The van der Waals surface area contributed by atoms with Gasteiger partial charge in [0, 0.05) is 58.7 Å². The third-order valence-electron chi connectivity index (χ3n) is 9.49. The number of hydrogen-bond donors (Lipinski definition) is 1. The lowest BCUT2D eigenvalue weighted by Crippen LogP contribution is -2.43. The minimum atomic E-state index is -0.126. The van der Waals surface area contributed by atoms with Gasteiger partial charge in [-0.2, -0.15) is 0 Å². The molecule has 232 valence electrons. The van der Waals surface area contributed by atoms with Gasteiger partial charge in [-0.25, -0.2) is 4.79 Å². The van der Waals surface area contributed by atoms with Crippen LogP contribution in [-0.2, 0) is 17.6 Å². The maximum atomic E-state index is 13.4. The predicted molar refractivity (Wildman–Crippen MR) is 181 cm³/mol. The van der Waals surface area contributed by atoms with Crippen LogP contribution in [0.5, 0.6) is 5.75 Å². The highest BCUT2D eigenvalue weighted by molar-refractivity contribution is 9.10. The molecule has 1 atom stereocenters. The van der Waals surface area contributed by atoms with E-state index in [2.05, 4.69) is 54.2 Å². The molecule has 0 saturated carbocycles. The molecule has 3 aliphatic rings. The van der Waals surface area contributed by atoms with Crippen molar-refractivity contribution in [1.29, 1.82) is 0 Å². The van der Waals surface area contributed by atoms with E-state index >= 15 is 0 Å². The number of anilines is 1. The Morgan fingerprint density at radius 3 is 2.43 bits per heavy atom. The molecule has 2 saturated heterocycles. The number of carbonyl (C=O) groups is 2. The maximum absolute atomic E-state index is 13.4. The van der Waals surface area contributed by atoms with Gasteiger partial charge in [0.05, 0.1) is 18.5 Å². The molecule has 6 rings (SSSR count). The van der Waals surface area contributed by atoms with Crippen LogP contribution in [0.1, 0.15) is 60.4 Å². The summed E-state index contributed by atoms with van der Waals surface area (Å²) in [5.74, 6) is 1.70. The largest absolute Gasteiger partial charge is 0.495 e. The summed E-state index contributed by atoms with van der Waals surface area (Å²) in [6, 6.07) is 13.6. The Bertz CT molecular complexity index is 1540. The summed E-state index contributed by atoms with van der Waals surface area (Å²) < 4.78 is 7.40. The molecule has 0 spiro atoms. The molecule has 44 heavy (non-hydrogen) atoms. The molecule has 1 aromatic heterocycles. The standard InChI is InChI=1S/C34H37Br2ClN4O3/c1-44-29-5-3-2-4-28(29)39-34(43)41-12-8-21(9-13-41)16-30(42)40-14-10-22(11-15-40)32-31-23(18-26(37)19-27(31)36)6-7-24-17-25(35)20-38-33(24)32/h2-5,17-22,32H,6-16H2,1H3,(H,39,43)/t32-/m1/s1. The van der Waals surface area contributed by atoms with Crippen LogP contribution in [0.2, 0.25) is 5.02 Å². The number of likely N-dealkylation sites (tertiary alicyclic amines) is 2. The SMILES string of the molecule is COc1ccccc1NC(=O)N1CCC(CC(=O)N2CCC([C@H]3c4ncc(Br)cc4CCc4cc(Cl)cc(Br)c43)CC2)CC1. The van der Waals surface area contributed by atoms with Gasteiger partial charge in [-0.3, -0.25) is 9.78 Å². The van der Waals surface area contributed by atoms with Crippen molar-refractivity contribution in [3.63, 3.8) is 0 Å². The van der Waals surface area contributed by atoms with Crippen LogP contribution < -0.4 is 10.1 Å². The molecule has 3 amide bonds. The zero-order chi connectivity index (χ0) is 30.8. The summed E-state index contributed by atoms with van der Waals surface area (Å²) >= 11 is 14.0. The number of pyridine rings is 1. The number of amides is 3. The maximum Gasteiger partial charge on any atom is 0.321 e. The second-order valence-corrected chi connectivity index (χ2v) is 14.3. The molecule has 1 N–H and O–H groups in total. The van der Waals surface area contributed by atoms with Gasteiger partial charge >= 0.3 is 6.03 Å². The first-order valence-electron chi connectivity index (χ1n) is 15.4. The summed E-state index contributed by atoms with van der Waals surface area (Å²) in [6.45, 7) is 2.80. The van der Waals surface area contributed by atoms with E-state index < -0.39 is 0 Å². The topological polar surface area (TPSA) is 74.8 Å². The summed E-state index contributed by atoms with van der Waals surface area (Å²) in [5.41, 5.74) is 5.68. The molecular formula is C34H37Br2ClN4O3. The molecule has 0 unspecified atom stereocenters. The van der Waals surface area contributed by atoms with E-state index in [0.29, 0.717) is 42.8 Å². The lowest BCUT2D eigenvalue weighted by Gasteiger charge is -2.38. The van der Waals surface area contributed by atoms with E-state index in [9.17, 15) is 9.59 Å². The Labute approximate surface area is 280 Å². The van der Waals surface area contributed by atoms with E-state index in [4.69, 9.17) is 21.3 Å². The van der Waals surface area contributed by atoms with Crippen LogP contribution in [0.25, 0.3) is 0 Å². The Morgan fingerprint density at radius 2 is 1.68 bits per heavy atom. The number of para-hydroxylation sites is 2. The van der Waals surface area contributed by atoms with Crippen LogP contribution >= 0.6 is 43.5 Å². The van der Waals surface area contributed by atoms with Crippen molar-refractivity contribution in [2.45, 2.75) is 50.9 Å². The number of aryl methyl sites for hydroxylation is 2. The lowest BCUT2D eigenvalue weighted by molar-refractivity contribution is -0.134. The minimum absolute atomic E-state index is 0.126. The molecular weight excluding hydrogens is 708 g/mol. The first-order chi connectivity index (χ1) is 21.3. The molecule has 2 aliphatic heterocycles. The van der Waals surface area contributed by atoms with Gasteiger partial charge in [0.15, 0.2) is 0 Å². The number of nitrogens with zero attached hydrogens (tertiary/aromatic N) is 3. The molecule has 7 nitrogen and oxygen atoms in total. The van der Waals surface area contributed by atoms with E-state index in [1.165, 1.54) is 16.7 Å². The molecule has 3 aromatic rings. The predicted octanol–water partition coefficient (Wildman–Crippen LogP) is 8.07. The van der Waals surface area contributed by atoms with Crippen molar-refractivity contribution in [1.82, 2.24) is 14.8 Å². The zero-order valence-corrected chi connectivity index (χ0v) is 28.8. The Kier molecular flexibility index (Phi) is 9.83. The van der Waals surface area contributed by atoms with Gasteiger partial charge in [0.2, 0.25) is 5.91 Å². The Morgan fingerprint density at radius 1 is 0.977 bits per heavy atom. The smallest absolute Gasteiger partial charge is 0.321 e. The van der Waals surface area contributed by atoms with Crippen LogP contribution in [0.15, 0.2) is 57.6 Å². The number of urea groups is 1. The van der Waals surface area contributed by atoms with Crippen LogP contribution in [0.4, 0.5) is 10.5 Å². The summed E-state index contributed by atoms with van der Waals surface area (Å²) in [4.78, 5) is 35.2. The van der Waals surface area contributed by atoms with Crippen molar-refractivity contribution in [2.75, 3.05) is 38.6 Å². The molecule has 1 aliphatic carbocycles. The average molecular weight is 745 g/mol. The quantitative estimate of drug-likeness (QED) is 0.287. The number of fused-ring (bicyclic) bond motifs is 2. The van der Waals surface area contributed by atoms with Crippen molar-refractivity contribution in [3.8, 4) is 5.75 Å². The number of rotatable bonds is 5. The van der Waals surface area contributed by atoms with E-state index in [1.54, 1.807) is 7.11 Å². The number of nitrogens with one attached hydrogen (secondary N) is 1. The van der Waals surface area contributed by atoms with Gasteiger partial charge in [-0.05, 0) is 113 Å². The number of benzene rings is 2. The zero-order valence-electron chi connectivity index (χ0n) is 24.8. The van der Waals surface area contributed by atoms with Gasteiger partial charge in [-0.1, -0.05) is 39.7 Å². The third kappa shape index (κ3) is 6.80. The molecule has 0 bridgehead atoms. The summed E-state index contributed by atoms with van der Waals surface area (Å²) in [6.07, 6.45) is 7.83. The van der Waals surface area contributed by atoms with Gasteiger partial charge in [0.1, 0.15) is 5.75 Å². The fraction of sp³-hybridized carbons (Fsp3) is 0.441. The molecule has 2 aromatic carbocycles. The van der Waals surface area contributed by atoms with E-state index in [1.807, 2.05) is 41.4 Å². The highest BCUT2D eigenvalue weighted by Crippen LogP contribution is 2.46. The highest BCUT2D eigenvalue weighted by atomic mass is 79.9. The van der Waals surface area contributed by atoms with Crippen molar-refractivity contribution < 1.29 is 14.3 Å². The fourth-order valence-electron chi connectivity index (χ4n) is 7.17. The van der Waals surface area contributed by atoms with Crippen LogP contribution in [0.3, 0.4) is 0 Å². The van der Waals surface area contributed by atoms with Gasteiger partial charge in [0.25, 0.3) is 0 Å². The van der Waals surface area contributed by atoms with Crippen molar-refractivity contribution >= 4 is 61.1 Å². The van der Waals surface area contributed by atoms with Crippen molar-refractivity contribution in [2.24, 2.45) is 11.8 Å². The number of ether oxygens (including phenoxy) is 1.